The quantitative estimate of drug-likeness (QED) is 0.909. The third kappa shape index (κ3) is 2.48. The fraction of sp³-hybridized carbons (Fsp3) is 0.273. The van der Waals surface area contributed by atoms with E-state index in [4.69, 9.17) is 5.73 Å². The van der Waals surface area contributed by atoms with Crippen molar-refractivity contribution in [2.45, 2.75) is 23.0 Å². The maximum absolute atomic E-state index is 13.8. The fourth-order valence-corrected chi connectivity index (χ4v) is 2.46. The van der Waals surface area contributed by atoms with Crippen LogP contribution in [0.1, 0.15) is 18.5 Å². The van der Waals surface area contributed by atoms with Gasteiger partial charge in [-0.05, 0) is 30.3 Å². The average Bonchev–Trinajstić information content (AvgIpc) is 2.67. The number of hydrogen-bond donors (Lipinski definition) is 1. The van der Waals surface area contributed by atoms with Crippen molar-refractivity contribution in [3.05, 3.63) is 35.9 Å². The highest BCUT2D eigenvalue weighted by Crippen LogP contribution is 2.33. The van der Waals surface area contributed by atoms with E-state index >= 15 is 0 Å². The number of nitrogens with zero attached hydrogens (tertiary/aromatic N) is 3. The van der Waals surface area contributed by atoms with Crippen molar-refractivity contribution in [2.75, 3.05) is 0 Å². The minimum absolute atomic E-state index is 0.221. The Morgan fingerprint density at radius 1 is 1.47 bits per heavy atom. The van der Waals surface area contributed by atoms with Gasteiger partial charge < -0.3 is 5.73 Å². The van der Waals surface area contributed by atoms with Crippen LogP contribution in [0.4, 0.5) is 4.39 Å². The lowest BCUT2D eigenvalue weighted by Gasteiger charge is -2.12. The van der Waals surface area contributed by atoms with Crippen molar-refractivity contribution in [3.63, 3.8) is 0 Å². The monoisotopic (exact) mass is 252 g/mol. The van der Waals surface area contributed by atoms with E-state index in [2.05, 4.69) is 10.1 Å². The van der Waals surface area contributed by atoms with Gasteiger partial charge in [-0.15, -0.1) is 0 Å². The zero-order valence-corrected chi connectivity index (χ0v) is 10.4. The zero-order valence-electron chi connectivity index (χ0n) is 9.59. The van der Waals surface area contributed by atoms with Crippen LogP contribution in [-0.4, -0.2) is 14.8 Å². The molecule has 17 heavy (non-hydrogen) atoms. The summed E-state index contributed by atoms with van der Waals surface area (Å²) in [5, 5.41) is 4.58. The van der Waals surface area contributed by atoms with Gasteiger partial charge in [0.1, 0.15) is 12.1 Å². The summed E-state index contributed by atoms with van der Waals surface area (Å²) in [7, 11) is 1.77. The zero-order chi connectivity index (χ0) is 12.4. The van der Waals surface area contributed by atoms with Crippen molar-refractivity contribution in [2.24, 2.45) is 12.8 Å². The summed E-state index contributed by atoms with van der Waals surface area (Å²) >= 11 is 1.24. The molecular weight excluding hydrogens is 239 g/mol. The molecule has 0 fully saturated rings. The first-order chi connectivity index (χ1) is 8.09. The lowest BCUT2D eigenvalue weighted by atomic mass is 10.1. The Morgan fingerprint density at radius 3 is 2.82 bits per heavy atom. The third-order valence-corrected chi connectivity index (χ3v) is 3.54. The molecule has 0 unspecified atom stereocenters. The highest BCUT2D eigenvalue weighted by molar-refractivity contribution is 7.99. The first-order valence-electron chi connectivity index (χ1n) is 5.15. The van der Waals surface area contributed by atoms with Crippen LogP contribution in [0.5, 0.6) is 0 Å². The lowest BCUT2D eigenvalue weighted by molar-refractivity contribution is 0.590. The molecule has 90 valence electrons. The van der Waals surface area contributed by atoms with Crippen molar-refractivity contribution >= 4 is 11.8 Å². The second-order valence-electron chi connectivity index (χ2n) is 3.72. The molecule has 1 heterocycles. The van der Waals surface area contributed by atoms with E-state index in [0.717, 1.165) is 5.56 Å². The fourth-order valence-electron chi connectivity index (χ4n) is 1.46. The second-order valence-corrected chi connectivity index (χ2v) is 4.69. The van der Waals surface area contributed by atoms with Gasteiger partial charge in [0.15, 0.2) is 5.16 Å². The summed E-state index contributed by atoms with van der Waals surface area (Å²) < 4.78 is 15.4. The molecule has 4 nitrogen and oxygen atoms in total. The molecule has 1 aromatic carbocycles. The normalized spacial score (nSPS) is 12.7. The molecule has 1 aromatic heterocycles. The summed E-state index contributed by atoms with van der Waals surface area (Å²) in [6.45, 7) is 1.83. The molecule has 0 aliphatic carbocycles. The van der Waals surface area contributed by atoms with E-state index in [-0.39, 0.29) is 11.9 Å². The first kappa shape index (κ1) is 12.1. The molecule has 0 radical (unpaired) electrons. The van der Waals surface area contributed by atoms with Gasteiger partial charge >= 0.3 is 0 Å². The van der Waals surface area contributed by atoms with Crippen LogP contribution in [0.25, 0.3) is 0 Å². The molecule has 0 saturated carbocycles. The Bertz CT molecular complexity index is 524. The molecule has 0 saturated heterocycles. The number of nitrogens with two attached hydrogens (primary N) is 1. The molecule has 0 aliphatic rings. The standard InChI is InChI=1S/C11H13FN4S/c1-7(13)8-4-3-5-9(12)10(8)17-11-14-6-15-16(11)2/h3-7H,13H2,1-2H3/t7-/m1/s1. The van der Waals surface area contributed by atoms with E-state index in [9.17, 15) is 4.39 Å². The summed E-state index contributed by atoms with van der Waals surface area (Å²) in [5.41, 5.74) is 6.60. The molecule has 2 N–H and O–H groups in total. The minimum Gasteiger partial charge on any atom is -0.324 e. The Kier molecular flexibility index (Phi) is 3.44. The highest BCUT2D eigenvalue weighted by atomic mass is 32.2. The van der Waals surface area contributed by atoms with Crippen LogP contribution in [-0.2, 0) is 7.05 Å². The van der Waals surface area contributed by atoms with Gasteiger partial charge in [0.2, 0.25) is 0 Å². The smallest absolute Gasteiger partial charge is 0.190 e. The Morgan fingerprint density at radius 2 is 2.24 bits per heavy atom. The maximum Gasteiger partial charge on any atom is 0.190 e. The second kappa shape index (κ2) is 4.85. The van der Waals surface area contributed by atoms with E-state index in [1.807, 2.05) is 13.0 Å². The number of aryl methyl sites for hydroxylation is 1. The molecule has 2 rings (SSSR count). The van der Waals surface area contributed by atoms with Gasteiger partial charge in [0.05, 0.1) is 4.90 Å². The molecule has 0 aliphatic heterocycles. The van der Waals surface area contributed by atoms with Crippen LogP contribution in [0.3, 0.4) is 0 Å². The van der Waals surface area contributed by atoms with Gasteiger partial charge in [0, 0.05) is 13.1 Å². The summed E-state index contributed by atoms with van der Waals surface area (Å²) in [4.78, 5) is 4.57. The Hall–Kier alpha value is -1.40. The first-order valence-corrected chi connectivity index (χ1v) is 5.97. The van der Waals surface area contributed by atoms with Gasteiger partial charge in [0.25, 0.3) is 0 Å². The van der Waals surface area contributed by atoms with Crippen LogP contribution >= 0.6 is 11.8 Å². The molecule has 0 spiro atoms. The highest BCUT2D eigenvalue weighted by Gasteiger charge is 2.15. The van der Waals surface area contributed by atoms with Gasteiger partial charge in [-0.3, -0.25) is 0 Å². The molecule has 6 heteroatoms. The topological polar surface area (TPSA) is 56.7 Å². The number of benzene rings is 1. The number of aromatic nitrogens is 3. The molecule has 0 bridgehead atoms. The van der Waals surface area contributed by atoms with Gasteiger partial charge in [-0.1, -0.05) is 12.1 Å². The van der Waals surface area contributed by atoms with E-state index in [1.165, 1.54) is 24.2 Å². The number of hydrogen-bond acceptors (Lipinski definition) is 4. The number of rotatable bonds is 3. The van der Waals surface area contributed by atoms with Crippen molar-refractivity contribution in [1.29, 1.82) is 0 Å². The Balaban J connectivity index is 2.41. The van der Waals surface area contributed by atoms with Crippen molar-refractivity contribution in [1.82, 2.24) is 14.8 Å². The van der Waals surface area contributed by atoms with Gasteiger partial charge in [-0.25, -0.2) is 14.1 Å². The van der Waals surface area contributed by atoms with E-state index < -0.39 is 0 Å². The predicted octanol–water partition coefficient (Wildman–Crippen LogP) is 2.13. The summed E-state index contributed by atoms with van der Waals surface area (Å²) in [5.74, 6) is -0.284. The largest absolute Gasteiger partial charge is 0.324 e. The van der Waals surface area contributed by atoms with E-state index in [0.29, 0.717) is 10.1 Å². The SMILES string of the molecule is C[C@@H](N)c1cccc(F)c1Sc1ncnn1C. The van der Waals surface area contributed by atoms with Gasteiger partial charge in [-0.2, -0.15) is 5.10 Å². The predicted molar refractivity (Wildman–Crippen MR) is 64.1 cm³/mol. The molecule has 0 amide bonds. The van der Waals surface area contributed by atoms with Crippen LogP contribution in [0, 0.1) is 5.82 Å². The number of halogens is 1. The van der Waals surface area contributed by atoms with Crippen molar-refractivity contribution in [3.8, 4) is 0 Å². The maximum atomic E-state index is 13.8. The molecule has 1 atom stereocenters. The van der Waals surface area contributed by atoms with Crippen LogP contribution in [0.2, 0.25) is 0 Å². The lowest BCUT2D eigenvalue weighted by Crippen LogP contribution is -2.07. The third-order valence-electron chi connectivity index (χ3n) is 2.35. The molecule has 2 aromatic rings. The van der Waals surface area contributed by atoms with Crippen LogP contribution in [0.15, 0.2) is 34.6 Å². The average molecular weight is 252 g/mol. The van der Waals surface area contributed by atoms with Crippen molar-refractivity contribution < 1.29 is 4.39 Å². The Labute approximate surface area is 103 Å². The van der Waals surface area contributed by atoms with E-state index in [1.54, 1.807) is 17.8 Å². The summed E-state index contributed by atoms with van der Waals surface area (Å²) in [6, 6.07) is 4.69. The van der Waals surface area contributed by atoms with Crippen LogP contribution < -0.4 is 5.73 Å². The molecular formula is C11H13FN4S. The summed E-state index contributed by atoms with van der Waals surface area (Å²) in [6.07, 6.45) is 1.44. The minimum atomic E-state index is -0.284.